The van der Waals surface area contributed by atoms with Gasteiger partial charge < -0.3 is 19.9 Å². The normalized spacial score (nSPS) is 13.3. The first-order chi connectivity index (χ1) is 11.2. The fourth-order valence-electron chi connectivity index (χ4n) is 1.75. The van der Waals surface area contributed by atoms with Crippen molar-refractivity contribution in [3.05, 3.63) is 46.4 Å². The Labute approximate surface area is 153 Å². The smallest absolute Gasteiger partial charge is 0.466 e. The van der Waals surface area contributed by atoms with Crippen LogP contribution in [-0.2, 0) is 9.53 Å². The number of nitrogens with zero attached hydrogens (tertiary/aromatic N) is 2. The SMILES string of the molecule is CCO/C(O)=C(\[N+]#N)C(NC(=O)C(Cl)(Cl)Cl)c1ccc(OC)cc1. The lowest BCUT2D eigenvalue weighted by Crippen LogP contribution is -2.38. The molecule has 0 fully saturated rings. The molecule has 130 valence electrons. The summed E-state index contributed by atoms with van der Waals surface area (Å²) in [5, 5.41) is 21.5. The summed E-state index contributed by atoms with van der Waals surface area (Å²) in [5.74, 6) is -1.09. The molecule has 0 heterocycles. The van der Waals surface area contributed by atoms with Crippen molar-refractivity contribution in [1.82, 2.24) is 5.32 Å². The van der Waals surface area contributed by atoms with Gasteiger partial charge in [0, 0.05) is 0 Å². The molecule has 0 saturated carbocycles. The Morgan fingerprint density at radius 3 is 2.38 bits per heavy atom. The number of aliphatic hydroxyl groups excluding tert-OH is 1. The number of ether oxygens (including phenoxy) is 2. The fraction of sp³-hybridized carbons (Fsp3) is 0.357. The molecule has 0 radical (unpaired) electrons. The number of diazo groups is 1. The second-order valence-corrected chi connectivity index (χ2v) is 6.68. The van der Waals surface area contributed by atoms with E-state index < -0.39 is 21.7 Å². The molecule has 1 aromatic carbocycles. The Morgan fingerprint density at radius 1 is 1.38 bits per heavy atom. The van der Waals surface area contributed by atoms with E-state index in [9.17, 15) is 15.3 Å². The third-order valence-corrected chi connectivity index (χ3v) is 3.38. The summed E-state index contributed by atoms with van der Waals surface area (Å²) in [4.78, 5) is 15.0. The van der Waals surface area contributed by atoms with E-state index in [2.05, 4.69) is 10.3 Å². The van der Waals surface area contributed by atoms with Crippen molar-refractivity contribution >= 4 is 40.7 Å². The molecule has 1 aromatic rings. The molecular weight excluding hydrogens is 381 g/mol. The maximum absolute atomic E-state index is 12.0. The summed E-state index contributed by atoms with van der Waals surface area (Å²) in [6.45, 7) is 1.73. The van der Waals surface area contributed by atoms with E-state index >= 15 is 0 Å². The van der Waals surface area contributed by atoms with Crippen LogP contribution in [0.5, 0.6) is 5.75 Å². The molecule has 0 aromatic heterocycles. The Kier molecular flexibility index (Phi) is 7.42. The van der Waals surface area contributed by atoms with Crippen LogP contribution in [0, 0.1) is 5.39 Å². The molecule has 0 spiro atoms. The third kappa shape index (κ3) is 5.34. The first-order valence-electron chi connectivity index (χ1n) is 6.67. The highest BCUT2D eigenvalue weighted by molar-refractivity contribution is 6.76. The summed E-state index contributed by atoms with van der Waals surface area (Å²) in [7, 11) is 1.49. The lowest BCUT2D eigenvalue weighted by Gasteiger charge is -2.17. The number of alkyl halides is 3. The average Bonchev–Trinajstić information content (AvgIpc) is 2.54. The lowest BCUT2D eigenvalue weighted by molar-refractivity contribution is -0.120. The predicted molar refractivity (Wildman–Crippen MR) is 90.5 cm³/mol. The van der Waals surface area contributed by atoms with Gasteiger partial charge in [-0.3, -0.25) is 4.79 Å². The van der Waals surface area contributed by atoms with E-state index in [0.29, 0.717) is 11.3 Å². The van der Waals surface area contributed by atoms with Gasteiger partial charge >= 0.3 is 11.6 Å². The number of amides is 1. The molecule has 2 N–H and O–H groups in total. The topological polar surface area (TPSA) is 95.9 Å². The lowest BCUT2D eigenvalue weighted by atomic mass is 10.0. The molecule has 0 aliphatic rings. The zero-order valence-electron chi connectivity index (χ0n) is 12.8. The molecule has 0 aliphatic carbocycles. The highest BCUT2D eigenvalue weighted by Gasteiger charge is 2.40. The summed E-state index contributed by atoms with van der Waals surface area (Å²) in [6, 6.07) is 5.24. The zero-order valence-corrected chi connectivity index (χ0v) is 15.1. The van der Waals surface area contributed by atoms with Crippen molar-refractivity contribution < 1.29 is 19.4 Å². The summed E-state index contributed by atoms with van der Waals surface area (Å²) < 4.78 is 7.72. The van der Waals surface area contributed by atoms with Gasteiger partial charge in [0.1, 0.15) is 5.75 Å². The largest absolute Gasteiger partial charge is 0.497 e. The highest BCUT2D eigenvalue weighted by Crippen LogP contribution is 2.31. The molecule has 10 heteroatoms. The number of nitrogens with one attached hydrogen (secondary N) is 1. The molecule has 0 aliphatic heterocycles. The molecule has 1 amide bonds. The van der Waals surface area contributed by atoms with Crippen molar-refractivity contribution in [1.29, 1.82) is 5.39 Å². The van der Waals surface area contributed by atoms with Gasteiger partial charge in [-0.05, 0) is 24.6 Å². The van der Waals surface area contributed by atoms with Crippen molar-refractivity contribution in [3.8, 4) is 5.75 Å². The number of benzene rings is 1. The van der Waals surface area contributed by atoms with Crippen molar-refractivity contribution in [2.75, 3.05) is 13.7 Å². The summed E-state index contributed by atoms with van der Waals surface area (Å²) in [6.07, 6.45) is 0. The van der Waals surface area contributed by atoms with Gasteiger partial charge in [-0.15, -0.1) is 0 Å². The van der Waals surface area contributed by atoms with Crippen LogP contribution >= 0.6 is 34.8 Å². The van der Waals surface area contributed by atoms with E-state index in [1.807, 2.05) is 0 Å². The van der Waals surface area contributed by atoms with Crippen LogP contribution in [0.1, 0.15) is 18.5 Å². The number of halogens is 3. The predicted octanol–water partition coefficient (Wildman–Crippen LogP) is 3.84. The molecule has 1 atom stereocenters. The van der Waals surface area contributed by atoms with Crippen LogP contribution in [0.2, 0.25) is 0 Å². The van der Waals surface area contributed by atoms with E-state index in [-0.39, 0.29) is 12.3 Å². The second-order valence-electron chi connectivity index (χ2n) is 4.40. The number of methoxy groups -OCH3 is 1. The molecule has 24 heavy (non-hydrogen) atoms. The molecule has 0 saturated heterocycles. The number of carbonyl (C=O) groups excluding carboxylic acids is 1. The van der Waals surface area contributed by atoms with Gasteiger partial charge in [0.15, 0.2) is 11.0 Å². The first-order valence-corrected chi connectivity index (χ1v) is 7.80. The fourth-order valence-corrected chi connectivity index (χ4v) is 1.92. The molecule has 1 unspecified atom stereocenters. The summed E-state index contributed by atoms with van der Waals surface area (Å²) >= 11 is 16.6. The quantitative estimate of drug-likeness (QED) is 0.433. The molecular formula is C14H15Cl3N3O4+. The van der Waals surface area contributed by atoms with E-state index in [4.69, 9.17) is 44.3 Å². The van der Waals surface area contributed by atoms with Gasteiger partial charge in [-0.2, -0.15) is 0 Å². The Bertz CT molecular complexity index is 651. The molecule has 7 nitrogen and oxygen atoms in total. The van der Waals surface area contributed by atoms with Crippen LogP contribution in [0.15, 0.2) is 35.9 Å². The van der Waals surface area contributed by atoms with Gasteiger partial charge in [0.05, 0.1) is 13.7 Å². The van der Waals surface area contributed by atoms with E-state index in [0.717, 1.165) is 0 Å². The highest BCUT2D eigenvalue weighted by atomic mass is 35.6. The summed E-state index contributed by atoms with van der Waals surface area (Å²) in [5.41, 5.74) is 0.0714. The van der Waals surface area contributed by atoms with Crippen molar-refractivity contribution in [3.63, 3.8) is 0 Å². The molecule has 1 rings (SSSR count). The number of carbonyl (C=O) groups is 1. The van der Waals surface area contributed by atoms with Crippen molar-refractivity contribution in [2.24, 2.45) is 0 Å². The third-order valence-electron chi connectivity index (χ3n) is 2.86. The van der Waals surface area contributed by atoms with E-state index in [1.54, 1.807) is 31.2 Å². The number of hydrogen-bond acceptors (Lipinski definition) is 5. The minimum atomic E-state index is -2.24. The monoisotopic (exact) mass is 394 g/mol. The van der Waals surface area contributed by atoms with Crippen LogP contribution in [0.3, 0.4) is 0 Å². The average molecular weight is 396 g/mol. The van der Waals surface area contributed by atoms with Gasteiger partial charge in [-0.1, -0.05) is 46.9 Å². The van der Waals surface area contributed by atoms with Gasteiger partial charge in [-0.25, -0.2) is 0 Å². The Morgan fingerprint density at radius 2 is 1.96 bits per heavy atom. The standard InChI is InChI=1S/C14H14Cl3N3O4/c1-3-24-12(21)11(20-18)10(19-13(22)14(15,16)17)8-4-6-9(23-2)7-5-8/h4-7,10H,3H2,1-2H3,(H-,19,21,22)/p+1/b12-11-. The number of aliphatic hydroxyl groups is 1. The Balaban J connectivity index is 3.32. The number of rotatable bonds is 6. The van der Waals surface area contributed by atoms with Crippen LogP contribution in [0.4, 0.5) is 0 Å². The van der Waals surface area contributed by atoms with Crippen LogP contribution < -0.4 is 10.1 Å². The molecule has 0 bridgehead atoms. The van der Waals surface area contributed by atoms with Crippen LogP contribution in [0.25, 0.3) is 4.98 Å². The number of hydrogen-bond donors (Lipinski definition) is 2. The van der Waals surface area contributed by atoms with Crippen molar-refractivity contribution in [2.45, 2.75) is 16.8 Å². The first kappa shape index (κ1) is 20.2. The second kappa shape index (κ2) is 8.83. The van der Waals surface area contributed by atoms with Gasteiger partial charge in [0.2, 0.25) is 5.39 Å². The van der Waals surface area contributed by atoms with E-state index in [1.165, 1.54) is 7.11 Å². The zero-order chi connectivity index (χ0) is 18.3. The Hall–Kier alpha value is -1.88. The minimum Gasteiger partial charge on any atom is -0.497 e. The maximum atomic E-state index is 12.0. The van der Waals surface area contributed by atoms with Crippen LogP contribution in [-0.4, -0.2) is 28.5 Å². The van der Waals surface area contributed by atoms with Gasteiger partial charge in [0.25, 0.3) is 9.70 Å². The maximum Gasteiger partial charge on any atom is 0.466 e. The minimum absolute atomic E-state index is 0.110.